The molecule has 3 N–H and O–H groups in total. The van der Waals surface area contributed by atoms with E-state index in [-0.39, 0.29) is 5.69 Å². The van der Waals surface area contributed by atoms with Crippen LogP contribution in [0.2, 0.25) is 0 Å². The molecular formula is C25H22F2N2O5S. The van der Waals surface area contributed by atoms with Gasteiger partial charge in [0.1, 0.15) is 17.9 Å². The van der Waals surface area contributed by atoms with Crippen LogP contribution in [-0.2, 0) is 14.3 Å². The number of alkyl halides is 2. The van der Waals surface area contributed by atoms with E-state index in [2.05, 4.69) is 10.6 Å². The van der Waals surface area contributed by atoms with E-state index in [0.29, 0.717) is 5.69 Å². The Hall–Kier alpha value is -3.79. The molecule has 0 saturated heterocycles. The minimum Gasteiger partial charge on any atom is -0.481 e. The molecule has 35 heavy (non-hydrogen) atoms. The molecule has 7 nitrogen and oxygen atoms in total. The molecule has 0 bridgehead atoms. The van der Waals surface area contributed by atoms with Crippen molar-refractivity contribution in [3.63, 3.8) is 0 Å². The van der Waals surface area contributed by atoms with Crippen LogP contribution in [0.15, 0.2) is 60.0 Å². The Labute approximate surface area is 203 Å². The summed E-state index contributed by atoms with van der Waals surface area (Å²) in [7, 11) is 0. The van der Waals surface area contributed by atoms with Crippen LogP contribution in [0.1, 0.15) is 24.2 Å². The first-order valence-corrected chi connectivity index (χ1v) is 11.6. The van der Waals surface area contributed by atoms with Gasteiger partial charge in [-0.25, -0.2) is 13.6 Å². The van der Waals surface area contributed by atoms with Crippen LogP contribution in [0.25, 0.3) is 10.4 Å². The van der Waals surface area contributed by atoms with Crippen molar-refractivity contribution in [1.29, 1.82) is 0 Å². The number of nitrogens with one attached hydrogen (secondary N) is 2. The number of halogens is 2. The first-order chi connectivity index (χ1) is 16.6. The molecule has 2 aromatic carbocycles. The van der Waals surface area contributed by atoms with Crippen molar-refractivity contribution in [2.45, 2.75) is 25.9 Å². The van der Waals surface area contributed by atoms with Gasteiger partial charge in [-0.1, -0.05) is 36.4 Å². The minimum absolute atomic E-state index is 0.253. The third-order valence-electron chi connectivity index (χ3n) is 5.83. The van der Waals surface area contributed by atoms with Gasteiger partial charge in [0, 0.05) is 5.69 Å². The van der Waals surface area contributed by atoms with E-state index in [1.165, 1.54) is 23.5 Å². The molecule has 1 saturated carbocycles. The average molecular weight is 501 g/mol. The molecule has 182 valence electrons. The van der Waals surface area contributed by atoms with E-state index in [1.54, 1.807) is 30.5 Å². The molecule has 3 atom stereocenters. The second-order valence-electron chi connectivity index (χ2n) is 8.23. The second kappa shape index (κ2) is 9.46. The van der Waals surface area contributed by atoms with Gasteiger partial charge in [0.05, 0.1) is 10.6 Å². The number of anilines is 2. The molecule has 0 radical (unpaired) electrons. The highest BCUT2D eigenvalue weighted by Gasteiger charge is 2.75. The number of carboxylic acid groups (broad SMARTS) is 1. The SMILES string of the molecule is Cc1ccccc1C(C)OC(=O)Nc1ccsc1-c1ccc(NC(=O)C2C(C(=O)O)C2(F)F)cc1. The predicted molar refractivity (Wildman–Crippen MR) is 128 cm³/mol. The summed E-state index contributed by atoms with van der Waals surface area (Å²) in [6.07, 6.45) is -1.05. The van der Waals surface area contributed by atoms with Gasteiger partial charge in [-0.3, -0.25) is 14.9 Å². The van der Waals surface area contributed by atoms with E-state index in [4.69, 9.17) is 9.84 Å². The maximum atomic E-state index is 13.6. The van der Waals surface area contributed by atoms with Gasteiger partial charge in [-0.05, 0) is 54.1 Å². The van der Waals surface area contributed by atoms with Crippen LogP contribution < -0.4 is 10.6 Å². The summed E-state index contributed by atoms with van der Waals surface area (Å²) in [6, 6.07) is 15.7. The predicted octanol–water partition coefficient (Wildman–Crippen LogP) is 5.94. The van der Waals surface area contributed by atoms with Crippen molar-refractivity contribution in [3.8, 4) is 10.4 Å². The van der Waals surface area contributed by atoms with Crippen molar-refractivity contribution < 1.29 is 33.0 Å². The lowest BCUT2D eigenvalue weighted by Gasteiger charge is -2.16. The molecule has 1 aromatic heterocycles. The zero-order valence-electron chi connectivity index (χ0n) is 18.7. The normalized spacial score (nSPS) is 18.9. The molecule has 3 aromatic rings. The number of aliphatic carboxylic acids is 1. The third kappa shape index (κ3) is 5.02. The summed E-state index contributed by atoms with van der Waals surface area (Å²) in [4.78, 5) is 36.2. The fourth-order valence-corrected chi connectivity index (χ4v) is 4.78. The standard InChI is InChI=1S/C25H22F2N2O5S/c1-13-5-3-4-6-17(13)14(2)34-24(33)29-18-11-12-35-21(18)15-7-9-16(10-8-15)28-22(30)19-20(23(31)32)25(19,26)27/h3-12,14,19-20H,1-2H3,(H,28,30)(H,29,33)(H,31,32). The first kappa shape index (κ1) is 24.3. The van der Waals surface area contributed by atoms with Gasteiger partial charge in [-0.2, -0.15) is 0 Å². The fraction of sp³-hybridized carbons (Fsp3) is 0.240. The number of ether oxygens (including phenoxy) is 1. The Morgan fingerprint density at radius 3 is 2.34 bits per heavy atom. The van der Waals surface area contributed by atoms with Gasteiger partial charge >= 0.3 is 12.1 Å². The number of carbonyl (C=O) groups excluding carboxylic acids is 2. The summed E-state index contributed by atoms with van der Waals surface area (Å²) < 4.78 is 32.7. The van der Waals surface area contributed by atoms with Crippen LogP contribution in [-0.4, -0.2) is 29.0 Å². The molecule has 0 aliphatic heterocycles. The van der Waals surface area contributed by atoms with Crippen molar-refractivity contribution >= 4 is 40.7 Å². The second-order valence-corrected chi connectivity index (χ2v) is 9.14. The Morgan fingerprint density at radius 1 is 1.03 bits per heavy atom. The molecule has 1 heterocycles. The fourth-order valence-electron chi connectivity index (χ4n) is 3.92. The molecule has 1 aliphatic rings. The number of thiophene rings is 1. The van der Waals surface area contributed by atoms with E-state index >= 15 is 0 Å². The summed E-state index contributed by atoms with van der Waals surface area (Å²) in [5.41, 5.74) is 3.43. The molecule has 4 rings (SSSR count). The first-order valence-electron chi connectivity index (χ1n) is 10.7. The lowest BCUT2D eigenvalue weighted by molar-refractivity contribution is -0.141. The Morgan fingerprint density at radius 2 is 1.71 bits per heavy atom. The van der Waals surface area contributed by atoms with E-state index in [0.717, 1.165) is 21.6 Å². The van der Waals surface area contributed by atoms with Crippen LogP contribution in [0, 0.1) is 18.8 Å². The van der Waals surface area contributed by atoms with Crippen molar-refractivity contribution in [1.82, 2.24) is 0 Å². The number of hydrogen-bond donors (Lipinski definition) is 3. The number of carbonyl (C=O) groups is 3. The monoisotopic (exact) mass is 500 g/mol. The zero-order valence-corrected chi connectivity index (χ0v) is 19.6. The summed E-state index contributed by atoms with van der Waals surface area (Å²) in [5.74, 6) is -10.2. The van der Waals surface area contributed by atoms with Crippen LogP contribution >= 0.6 is 11.3 Å². The van der Waals surface area contributed by atoms with Crippen LogP contribution in [0.3, 0.4) is 0 Å². The highest BCUT2D eigenvalue weighted by atomic mass is 32.1. The minimum atomic E-state index is -3.56. The molecule has 1 fully saturated rings. The largest absolute Gasteiger partial charge is 0.481 e. The molecule has 3 unspecified atom stereocenters. The molecular weight excluding hydrogens is 478 g/mol. The summed E-state index contributed by atoms with van der Waals surface area (Å²) >= 11 is 1.38. The van der Waals surface area contributed by atoms with Gasteiger partial charge in [0.2, 0.25) is 5.91 Å². The highest BCUT2D eigenvalue weighted by molar-refractivity contribution is 7.14. The van der Waals surface area contributed by atoms with Crippen molar-refractivity contribution in [3.05, 3.63) is 71.1 Å². The number of rotatable bonds is 7. The van der Waals surface area contributed by atoms with Gasteiger partial charge in [0.25, 0.3) is 5.92 Å². The molecule has 10 heteroatoms. The van der Waals surface area contributed by atoms with E-state index < -0.39 is 41.8 Å². The average Bonchev–Trinajstić information content (AvgIpc) is 3.12. The van der Waals surface area contributed by atoms with Gasteiger partial charge in [-0.15, -0.1) is 11.3 Å². The quantitative estimate of drug-likeness (QED) is 0.373. The highest BCUT2D eigenvalue weighted by Crippen LogP contribution is 2.55. The Bertz CT molecular complexity index is 1270. The Kier molecular flexibility index (Phi) is 6.58. The molecule has 0 spiro atoms. The number of carboxylic acids is 1. The van der Waals surface area contributed by atoms with Gasteiger partial charge < -0.3 is 15.2 Å². The van der Waals surface area contributed by atoms with Crippen LogP contribution in [0.5, 0.6) is 0 Å². The third-order valence-corrected chi connectivity index (χ3v) is 6.79. The summed E-state index contributed by atoms with van der Waals surface area (Å²) in [5, 5.41) is 15.7. The topological polar surface area (TPSA) is 105 Å². The maximum Gasteiger partial charge on any atom is 0.412 e. The lowest BCUT2D eigenvalue weighted by Crippen LogP contribution is -2.18. The Balaban J connectivity index is 1.39. The van der Waals surface area contributed by atoms with E-state index in [1.807, 2.05) is 31.2 Å². The smallest absolute Gasteiger partial charge is 0.412 e. The molecule has 1 aliphatic carbocycles. The van der Waals surface area contributed by atoms with E-state index in [9.17, 15) is 23.2 Å². The number of benzene rings is 2. The van der Waals surface area contributed by atoms with Crippen molar-refractivity contribution in [2.24, 2.45) is 11.8 Å². The van der Waals surface area contributed by atoms with Crippen LogP contribution in [0.4, 0.5) is 25.0 Å². The number of aryl methyl sites for hydroxylation is 1. The number of amides is 2. The zero-order chi connectivity index (χ0) is 25.3. The molecule has 2 amide bonds. The maximum absolute atomic E-state index is 13.6. The van der Waals surface area contributed by atoms with Gasteiger partial charge in [0.15, 0.2) is 0 Å². The summed E-state index contributed by atoms with van der Waals surface area (Å²) in [6.45, 7) is 3.73. The number of hydrogen-bond acceptors (Lipinski definition) is 5. The lowest BCUT2D eigenvalue weighted by atomic mass is 10.1. The van der Waals surface area contributed by atoms with Crippen molar-refractivity contribution in [2.75, 3.05) is 10.6 Å².